The zero-order chi connectivity index (χ0) is 15.7. The largest absolute Gasteiger partial charge is 0.393 e. The van der Waals surface area contributed by atoms with Gasteiger partial charge in [0, 0.05) is 12.5 Å². The summed E-state index contributed by atoms with van der Waals surface area (Å²) in [4.78, 5) is 4.07. The molecule has 0 aromatic carbocycles. The molecule has 2 N–H and O–H groups in total. The molecule has 118 valence electrons. The highest BCUT2D eigenvalue weighted by molar-refractivity contribution is 7.92. The summed E-state index contributed by atoms with van der Waals surface area (Å²) in [5, 5.41) is 13.1. The summed E-state index contributed by atoms with van der Waals surface area (Å²) in [6, 6.07) is 3.26. The Morgan fingerprint density at radius 2 is 2.05 bits per heavy atom. The van der Waals surface area contributed by atoms with Crippen LogP contribution in [0.3, 0.4) is 0 Å². The number of aliphatic hydroxyl groups is 1. The van der Waals surface area contributed by atoms with Gasteiger partial charge in [0.05, 0.1) is 22.7 Å². The number of pyridine rings is 1. The van der Waals surface area contributed by atoms with Gasteiger partial charge >= 0.3 is 0 Å². The Hall–Kier alpha value is -1.14. The maximum Gasteiger partial charge on any atom is 0.200 e. The van der Waals surface area contributed by atoms with Gasteiger partial charge in [0.25, 0.3) is 0 Å². The molecule has 0 aliphatic heterocycles. The third kappa shape index (κ3) is 3.55. The van der Waals surface area contributed by atoms with Crippen LogP contribution in [0, 0.1) is 5.92 Å². The van der Waals surface area contributed by atoms with E-state index < -0.39 is 14.6 Å². The lowest BCUT2D eigenvalue weighted by molar-refractivity contribution is 0.138. The minimum absolute atomic E-state index is 0.0986. The van der Waals surface area contributed by atoms with Gasteiger partial charge in [-0.2, -0.15) is 0 Å². The number of aromatic nitrogens is 1. The van der Waals surface area contributed by atoms with Gasteiger partial charge in [0.15, 0.2) is 14.9 Å². The van der Waals surface area contributed by atoms with Crippen molar-refractivity contribution in [3.63, 3.8) is 0 Å². The highest BCUT2D eigenvalue weighted by Gasteiger charge is 2.32. The van der Waals surface area contributed by atoms with Crippen molar-refractivity contribution in [1.82, 2.24) is 4.98 Å². The molecule has 1 aliphatic rings. The normalized spacial score (nSPS) is 23.2. The number of sulfone groups is 1. The lowest BCUT2D eigenvalue weighted by Gasteiger charge is -2.19. The first-order valence-corrected chi connectivity index (χ1v) is 8.83. The molecular formula is C15H24N2O3S. The molecule has 1 heterocycles. The van der Waals surface area contributed by atoms with Crippen molar-refractivity contribution in [3.8, 4) is 0 Å². The van der Waals surface area contributed by atoms with Crippen LogP contribution < -0.4 is 5.32 Å². The molecular weight excluding hydrogens is 288 g/mol. The quantitative estimate of drug-likeness (QED) is 0.891. The summed E-state index contributed by atoms with van der Waals surface area (Å²) < 4.78 is 23.7. The van der Waals surface area contributed by atoms with Gasteiger partial charge in [-0.05, 0) is 45.7 Å². The summed E-state index contributed by atoms with van der Waals surface area (Å²) in [6.07, 6.45) is 4.27. The molecule has 1 aromatic rings. The average Bonchev–Trinajstić information content (AvgIpc) is 2.81. The first kappa shape index (κ1) is 16.2. The van der Waals surface area contributed by atoms with E-state index in [0.29, 0.717) is 6.54 Å². The van der Waals surface area contributed by atoms with E-state index in [1.54, 1.807) is 33.0 Å². The van der Waals surface area contributed by atoms with E-state index in [4.69, 9.17) is 0 Å². The molecule has 1 saturated carbocycles. The van der Waals surface area contributed by atoms with Crippen LogP contribution in [0.4, 0.5) is 5.69 Å². The second-order valence-corrected chi connectivity index (χ2v) is 9.29. The molecule has 2 rings (SSSR count). The predicted octanol–water partition coefficient (Wildman–Crippen LogP) is 2.23. The number of aliphatic hydroxyl groups excluding tert-OH is 1. The first-order valence-electron chi connectivity index (χ1n) is 7.34. The standard InChI is InChI=1S/C15H24N2O3S/c1-15(2,3)21(19,20)14-8-7-12(10-17-14)16-9-11-5-4-6-13(11)18/h7-8,10-11,13,16,18H,4-6,9H2,1-3H3/t11-,13-/m0/s1. The summed E-state index contributed by atoms with van der Waals surface area (Å²) in [7, 11) is -3.41. The zero-order valence-electron chi connectivity index (χ0n) is 12.8. The van der Waals surface area contributed by atoms with Crippen LogP contribution >= 0.6 is 0 Å². The monoisotopic (exact) mass is 312 g/mol. The summed E-state index contributed by atoms with van der Waals surface area (Å²) in [5.41, 5.74) is 0.780. The molecule has 6 heteroatoms. The van der Waals surface area contributed by atoms with Crippen molar-refractivity contribution in [2.45, 2.75) is 55.9 Å². The molecule has 0 unspecified atom stereocenters. The minimum Gasteiger partial charge on any atom is -0.393 e. The Balaban J connectivity index is 2.03. The van der Waals surface area contributed by atoms with Crippen LogP contribution in [0.25, 0.3) is 0 Å². The lowest BCUT2D eigenvalue weighted by atomic mass is 10.1. The van der Waals surface area contributed by atoms with E-state index in [0.717, 1.165) is 24.9 Å². The number of hydrogen-bond donors (Lipinski definition) is 2. The van der Waals surface area contributed by atoms with Crippen LogP contribution in [-0.4, -0.2) is 35.9 Å². The molecule has 0 amide bonds. The number of hydrogen-bond acceptors (Lipinski definition) is 5. The van der Waals surface area contributed by atoms with E-state index in [2.05, 4.69) is 10.3 Å². The third-order valence-electron chi connectivity index (χ3n) is 4.01. The van der Waals surface area contributed by atoms with E-state index >= 15 is 0 Å². The zero-order valence-corrected chi connectivity index (χ0v) is 13.7. The van der Waals surface area contributed by atoms with Crippen LogP contribution in [-0.2, 0) is 9.84 Å². The van der Waals surface area contributed by atoms with E-state index in [9.17, 15) is 13.5 Å². The van der Waals surface area contributed by atoms with Gasteiger partial charge in [-0.1, -0.05) is 6.42 Å². The highest BCUT2D eigenvalue weighted by Crippen LogP contribution is 2.26. The molecule has 5 nitrogen and oxygen atoms in total. The fourth-order valence-corrected chi connectivity index (χ4v) is 3.53. The summed E-state index contributed by atoms with van der Waals surface area (Å²) in [6.45, 7) is 5.68. The molecule has 0 radical (unpaired) electrons. The molecule has 1 fully saturated rings. The van der Waals surface area contributed by atoms with Crippen molar-refractivity contribution in [1.29, 1.82) is 0 Å². The molecule has 0 spiro atoms. The Labute approximate surface area is 126 Å². The minimum atomic E-state index is -3.41. The van der Waals surface area contributed by atoms with Crippen molar-refractivity contribution in [2.75, 3.05) is 11.9 Å². The van der Waals surface area contributed by atoms with Crippen LogP contribution in [0.5, 0.6) is 0 Å². The predicted molar refractivity (Wildman–Crippen MR) is 83.0 cm³/mol. The Bertz CT molecular complexity index is 576. The van der Waals surface area contributed by atoms with E-state index in [1.165, 1.54) is 6.07 Å². The number of nitrogens with zero attached hydrogens (tertiary/aromatic N) is 1. The van der Waals surface area contributed by atoms with Gasteiger partial charge in [0.2, 0.25) is 0 Å². The number of rotatable bonds is 4. The lowest BCUT2D eigenvalue weighted by Crippen LogP contribution is -2.28. The number of anilines is 1. The molecule has 1 aromatic heterocycles. The maximum absolute atomic E-state index is 12.3. The van der Waals surface area contributed by atoms with Crippen LogP contribution in [0.15, 0.2) is 23.4 Å². The van der Waals surface area contributed by atoms with Crippen molar-refractivity contribution >= 4 is 15.5 Å². The van der Waals surface area contributed by atoms with Crippen molar-refractivity contribution in [3.05, 3.63) is 18.3 Å². The van der Waals surface area contributed by atoms with Crippen molar-refractivity contribution < 1.29 is 13.5 Å². The van der Waals surface area contributed by atoms with Gasteiger partial charge < -0.3 is 10.4 Å². The highest BCUT2D eigenvalue weighted by atomic mass is 32.2. The fourth-order valence-electron chi connectivity index (χ4n) is 2.46. The average molecular weight is 312 g/mol. The molecule has 21 heavy (non-hydrogen) atoms. The summed E-state index contributed by atoms with van der Waals surface area (Å²) >= 11 is 0. The third-order valence-corrected chi connectivity index (χ3v) is 6.41. The molecule has 0 bridgehead atoms. The SMILES string of the molecule is CC(C)(C)S(=O)(=O)c1ccc(NC[C@@H]2CCC[C@@H]2O)cn1. The molecule has 0 saturated heterocycles. The maximum atomic E-state index is 12.3. The molecule has 1 aliphatic carbocycles. The van der Waals surface area contributed by atoms with Crippen LogP contribution in [0.2, 0.25) is 0 Å². The van der Waals surface area contributed by atoms with Gasteiger partial charge in [-0.3, -0.25) is 0 Å². The second-order valence-electron chi connectivity index (χ2n) is 6.64. The van der Waals surface area contributed by atoms with Gasteiger partial charge in [-0.25, -0.2) is 13.4 Å². The van der Waals surface area contributed by atoms with E-state index in [1.807, 2.05) is 0 Å². The fraction of sp³-hybridized carbons (Fsp3) is 0.667. The second kappa shape index (κ2) is 5.93. The van der Waals surface area contributed by atoms with Gasteiger partial charge in [0.1, 0.15) is 0 Å². The van der Waals surface area contributed by atoms with Gasteiger partial charge in [-0.15, -0.1) is 0 Å². The number of nitrogens with one attached hydrogen (secondary N) is 1. The summed E-state index contributed by atoms with van der Waals surface area (Å²) in [5.74, 6) is 0.267. The van der Waals surface area contributed by atoms with E-state index in [-0.39, 0.29) is 17.0 Å². The Kier molecular flexibility index (Phi) is 4.58. The Morgan fingerprint density at radius 1 is 1.33 bits per heavy atom. The smallest absolute Gasteiger partial charge is 0.200 e. The molecule has 2 atom stereocenters. The first-order chi connectivity index (χ1) is 9.72. The van der Waals surface area contributed by atoms with Crippen LogP contribution in [0.1, 0.15) is 40.0 Å². The topological polar surface area (TPSA) is 79.3 Å². The Morgan fingerprint density at radius 3 is 2.52 bits per heavy atom. The van der Waals surface area contributed by atoms with Crippen molar-refractivity contribution in [2.24, 2.45) is 5.92 Å².